The van der Waals surface area contributed by atoms with Gasteiger partial charge in [0.05, 0.1) is 6.54 Å². The summed E-state index contributed by atoms with van der Waals surface area (Å²) in [5, 5.41) is 6.33. The lowest BCUT2D eigenvalue weighted by atomic mass is 9.91. The maximum atomic E-state index is 11.8. The predicted molar refractivity (Wildman–Crippen MR) is 78.1 cm³/mol. The molecule has 1 amide bonds. The first-order valence-electron chi connectivity index (χ1n) is 7.82. The lowest BCUT2D eigenvalue weighted by Crippen LogP contribution is -2.45. The molecule has 110 valence electrons. The second kappa shape index (κ2) is 6.71. The smallest absolute Gasteiger partial charge is 0.233 e. The van der Waals surface area contributed by atoms with Gasteiger partial charge in [0.1, 0.15) is 0 Å². The molecular weight excluding hydrogens is 238 g/mol. The monoisotopic (exact) mass is 267 g/mol. The maximum absolute atomic E-state index is 11.8. The number of rotatable bonds is 6. The molecule has 3 unspecified atom stereocenters. The van der Waals surface area contributed by atoms with Crippen LogP contribution in [0.25, 0.3) is 0 Å². The van der Waals surface area contributed by atoms with E-state index in [9.17, 15) is 4.79 Å². The number of hydrogen-bond acceptors (Lipinski definition) is 3. The van der Waals surface area contributed by atoms with E-state index in [1.807, 2.05) is 0 Å². The van der Waals surface area contributed by atoms with Gasteiger partial charge in [-0.05, 0) is 52.0 Å². The van der Waals surface area contributed by atoms with Crippen molar-refractivity contribution >= 4 is 5.91 Å². The van der Waals surface area contributed by atoms with Gasteiger partial charge in [0.25, 0.3) is 0 Å². The third-order valence-electron chi connectivity index (χ3n) is 5.01. The quantitative estimate of drug-likeness (QED) is 0.764. The summed E-state index contributed by atoms with van der Waals surface area (Å²) in [7, 11) is 2.26. The summed E-state index contributed by atoms with van der Waals surface area (Å²) in [5.41, 5.74) is 0. The van der Waals surface area contributed by atoms with E-state index >= 15 is 0 Å². The van der Waals surface area contributed by atoms with Crippen LogP contribution in [0, 0.1) is 5.92 Å². The zero-order chi connectivity index (χ0) is 13.8. The lowest BCUT2D eigenvalue weighted by molar-refractivity contribution is -0.120. The van der Waals surface area contributed by atoms with Gasteiger partial charge in [-0.1, -0.05) is 6.92 Å². The molecule has 19 heavy (non-hydrogen) atoms. The molecule has 0 radical (unpaired) electrons. The third kappa shape index (κ3) is 3.93. The number of carbonyl (C=O) groups excluding carboxylic acids is 1. The first-order valence-corrected chi connectivity index (χ1v) is 7.82. The molecule has 2 aliphatic rings. The fraction of sp³-hybridized carbons (Fsp3) is 0.933. The van der Waals surface area contributed by atoms with Crippen LogP contribution < -0.4 is 10.6 Å². The molecule has 2 bridgehead atoms. The molecule has 0 aromatic heterocycles. The average molecular weight is 267 g/mol. The predicted octanol–water partition coefficient (Wildman–Crippen LogP) is 1.36. The van der Waals surface area contributed by atoms with Crippen LogP contribution in [0.1, 0.15) is 46.0 Å². The zero-order valence-corrected chi connectivity index (χ0v) is 12.6. The fourth-order valence-electron chi connectivity index (χ4n) is 3.42. The van der Waals surface area contributed by atoms with Gasteiger partial charge in [-0.25, -0.2) is 0 Å². The van der Waals surface area contributed by atoms with E-state index in [1.165, 1.54) is 25.7 Å². The molecule has 3 atom stereocenters. The van der Waals surface area contributed by atoms with Crippen LogP contribution in [0.5, 0.6) is 0 Å². The van der Waals surface area contributed by atoms with Crippen LogP contribution in [0.3, 0.4) is 0 Å². The van der Waals surface area contributed by atoms with Crippen molar-refractivity contribution in [3.05, 3.63) is 0 Å². The summed E-state index contributed by atoms with van der Waals surface area (Å²) < 4.78 is 0. The van der Waals surface area contributed by atoms with Crippen molar-refractivity contribution in [1.29, 1.82) is 0 Å². The molecule has 0 aliphatic carbocycles. The minimum absolute atomic E-state index is 0.145. The minimum atomic E-state index is 0.145. The molecule has 0 saturated carbocycles. The lowest BCUT2D eigenvalue weighted by Gasteiger charge is -2.36. The van der Waals surface area contributed by atoms with Gasteiger partial charge in [0, 0.05) is 24.7 Å². The van der Waals surface area contributed by atoms with Crippen molar-refractivity contribution in [1.82, 2.24) is 15.5 Å². The summed E-state index contributed by atoms with van der Waals surface area (Å²) in [6.45, 7) is 5.56. The Balaban J connectivity index is 1.65. The van der Waals surface area contributed by atoms with E-state index in [-0.39, 0.29) is 5.91 Å². The highest BCUT2D eigenvalue weighted by molar-refractivity contribution is 5.78. The summed E-state index contributed by atoms with van der Waals surface area (Å²) in [6.07, 6.45) is 6.27. The SMILES string of the molecule is CCC(C)NCC(=O)NCC1CC2CCC(C1)N2C. The summed E-state index contributed by atoms with van der Waals surface area (Å²) in [5.74, 6) is 0.827. The number of piperidine rings is 1. The summed E-state index contributed by atoms with van der Waals surface area (Å²) in [4.78, 5) is 14.3. The van der Waals surface area contributed by atoms with Gasteiger partial charge in [0.2, 0.25) is 5.91 Å². The average Bonchev–Trinajstić information content (AvgIpc) is 2.65. The number of fused-ring (bicyclic) bond motifs is 2. The fourth-order valence-corrected chi connectivity index (χ4v) is 3.42. The van der Waals surface area contributed by atoms with Crippen LogP contribution in [-0.2, 0) is 4.79 Å². The van der Waals surface area contributed by atoms with Gasteiger partial charge in [-0.2, -0.15) is 0 Å². The highest BCUT2D eigenvalue weighted by Crippen LogP contribution is 2.36. The van der Waals surface area contributed by atoms with Crippen LogP contribution in [0.15, 0.2) is 0 Å². The van der Waals surface area contributed by atoms with Crippen molar-refractivity contribution in [2.24, 2.45) is 5.92 Å². The highest BCUT2D eigenvalue weighted by atomic mass is 16.1. The van der Waals surface area contributed by atoms with Crippen molar-refractivity contribution in [3.8, 4) is 0 Å². The van der Waals surface area contributed by atoms with Gasteiger partial charge in [-0.15, -0.1) is 0 Å². The number of nitrogens with one attached hydrogen (secondary N) is 2. The van der Waals surface area contributed by atoms with Gasteiger partial charge >= 0.3 is 0 Å². The largest absolute Gasteiger partial charge is 0.355 e. The second-order valence-corrected chi connectivity index (χ2v) is 6.38. The summed E-state index contributed by atoms with van der Waals surface area (Å²) in [6, 6.07) is 1.95. The Morgan fingerprint density at radius 1 is 1.32 bits per heavy atom. The molecule has 2 aliphatic heterocycles. The molecule has 0 aromatic carbocycles. The molecule has 2 heterocycles. The Labute approximate surface area is 117 Å². The van der Waals surface area contributed by atoms with Crippen molar-refractivity contribution in [2.45, 2.75) is 64.1 Å². The van der Waals surface area contributed by atoms with E-state index in [0.717, 1.165) is 25.0 Å². The maximum Gasteiger partial charge on any atom is 0.233 e. The van der Waals surface area contributed by atoms with E-state index in [1.54, 1.807) is 0 Å². The van der Waals surface area contributed by atoms with Crippen LogP contribution >= 0.6 is 0 Å². The molecule has 2 saturated heterocycles. The number of hydrogen-bond donors (Lipinski definition) is 2. The normalized spacial score (nSPS) is 32.3. The zero-order valence-electron chi connectivity index (χ0n) is 12.6. The Morgan fingerprint density at radius 2 is 1.95 bits per heavy atom. The van der Waals surface area contributed by atoms with Crippen molar-refractivity contribution < 1.29 is 4.79 Å². The summed E-state index contributed by atoms with van der Waals surface area (Å²) >= 11 is 0. The molecule has 4 nitrogen and oxygen atoms in total. The van der Waals surface area contributed by atoms with Gasteiger partial charge in [-0.3, -0.25) is 4.79 Å². The molecule has 2 fully saturated rings. The second-order valence-electron chi connectivity index (χ2n) is 6.38. The molecule has 2 N–H and O–H groups in total. The van der Waals surface area contributed by atoms with Crippen molar-refractivity contribution in [2.75, 3.05) is 20.1 Å². The molecule has 2 rings (SSSR count). The van der Waals surface area contributed by atoms with Crippen molar-refractivity contribution in [3.63, 3.8) is 0 Å². The van der Waals surface area contributed by atoms with E-state index in [0.29, 0.717) is 18.5 Å². The van der Waals surface area contributed by atoms with E-state index in [4.69, 9.17) is 0 Å². The molecule has 4 heteroatoms. The van der Waals surface area contributed by atoms with Crippen LogP contribution in [0.4, 0.5) is 0 Å². The van der Waals surface area contributed by atoms with E-state index in [2.05, 4.69) is 36.4 Å². The Morgan fingerprint density at radius 3 is 2.53 bits per heavy atom. The third-order valence-corrected chi connectivity index (χ3v) is 5.01. The Bertz CT molecular complexity index is 294. The Kier molecular flexibility index (Phi) is 5.22. The Hall–Kier alpha value is -0.610. The number of amides is 1. The first kappa shape index (κ1) is 14.8. The van der Waals surface area contributed by atoms with Crippen LogP contribution in [-0.4, -0.2) is 49.1 Å². The van der Waals surface area contributed by atoms with Crippen LogP contribution in [0.2, 0.25) is 0 Å². The standard InChI is InChI=1S/C15H29N3O/c1-4-11(2)16-10-15(19)17-9-12-7-13-5-6-14(8-12)18(13)3/h11-14,16H,4-10H2,1-3H3,(H,17,19). The number of carbonyl (C=O) groups is 1. The highest BCUT2D eigenvalue weighted by Gasteiger charge is 2.38. The van der Waals surface area contributed by atoms with Gasteiger partial charge in [0.15, 0.2) is 0 Å². The number of nitrogens with zero attached hydrogens (tertiary/aromatic N) is 1. The minimum Gasteiger partial charge on any atom is -0.355 e. The first-order chi connectivity index (χ1) is 9.10. The molecular formula is C15H29N3O. The molecule has 0 spiro atoms. The topological polar surface area (TPSA) is 44.4 Å². The van der Waals surface area contributed by atoms with E-state index < -0.39 is 0 Å². The van der Waals surface area contributed by atoms with Gasteiger partial charge < -0.3 is 15.5 Å². The molecule has 0 aromatic rings.